The molecule has 0 amide bonds. The zero-order valence-corrected chi connectivity index (χ0v) is 16.2. The zero-order valence-electron chi connectivity index (χ0n) is 13.7. The molecule has 1 unspecified atom stereocenters. The summed E-state index contributed by atoms with van der Waals surface area (Å²) in [5.41, 5.74) is 0. The van der Waals surface area contributed by atoms with E-state index in [9.17, 15) is 4.79 Å². The molecular formula is C14H34O5Zr. The molecule has 0 saturated heterocycles. The van der Waals surface area contributed by atoms with Gasteiger partial charge < -0.3 is 20.4 Å². The van der Waals surface area contributed by atoms with Crippen LogP contribution in [0.4, 0.5) is 0 Å². The summed E-state index contributed by atoms with van der Waals surface area (Å²) in [6.07, 6.45) is 3.71. The molecule has 0 aromatic rings. The minimum Gasteiger partial charge on any atom is -0.481 e. The number of carbonyl (C=O) groups is 1. The molecule has 0 spiro atoms. The first-order valence-electron chi connectivity index (χ1n) is 7.02. The maximum Gasteiger partial charge on any atom is 0.306 e. The van der Waals surface area contributed by atoms with Gasteiger partial charge in [-0.3, -0.25) is 4.79 Å². The molecule has 124 valence electrons. The molecule has 0 aromatic carbocycles. The second-order valence-corrected chi connectivity index (χ2v) is 3.53. The van der Waals surface area contributed by atoms with E-state index >= 15 is 0 Å². The third-order valence-electron chi connectivity index (χ3n) is 1.75. The van der Waals surface area contributed by atoms with E-state index in [1.165, 1.54) is 0 Å². The van der Waals surface area contributed by atoms with E-state index in [0.717, 1.165) is 25.7 Å². The average Bonchev–Trinajstić information content (AvgIpc) is 2.32. The van der Waals surface area contributed by atoms with Gasteiger partial charge in [0, 0.05) is 46.0 Å². The molecule has 4 N–H and O–H groups in total. The van der Waals surface area contributed by atoms with Crippen molar-refractivity contribution >= 4 is 5.97 Å². The number of carboxylic acid groups (broad SMARTS) is 1. The Morgan fingerprint density at radius 2 is 1.20 bits per heavy atom. The van der Waals surface area contributed by atoms with Gasteiger partial charge in [-0.05, 0) is 33.6 Å². The molecule has 0 aromatic heterocycles. The van der Waals surface area contributed by atoms with Crippen molar-refractivity contribution in [2.75, 3.05) is 19.8 Å². The van der Waals surface area contributed by atoms with Crippen LogP contribution in [0.1, 0.15) is 60.3 Å². The van der Waals surface area contributed by atoms with E-state index in [1.807, 2.05) is 6.92 Å². The molecule has 0 bridgehead atoms. The van der Waals surface area contributed by atoms with Crippen LogP contribution in [-0.4, -0.2) is 46.2 Å². The van der Waals surface area contributed by atoms with Crippen LogP contribution >= 0.6 is 0 Å². The Balaban J connectivity index is -0.0000000626. The van der Waals surface area contributed by atoms with Gasteiger partial charge in [0.05, 0.1) is 5.92 Å². The van der Waals surface area contributed by atoms with Crippen molar-refractivity contribution in [3.05, 3.63) is 0 Å². The van der Waals surface area contributed by atoms with Crippen LogP contribution in [0.15, 0.2) is 0 Å². The molecular weight excluding hydrogens is 339 g/mol. The second-order valence-electron chi connectivity index (χ2n) is 3.53. The third kappa shape index (κ3) is 51.7. The Hall–Kier alpha value is 0.233. The van der Waals surface area contributed by atoms with Gasteiger partial charge in [-0.1, -0.05) is 26.7 Å². The van der Waals surface area contributed by atoms with Crippen LogP contribution < -0.4 is 0 Å². The molecule has 0 aliphatic rings. The van der Waals surface area contributed by atoms with E-state index < -0.39 is 5.97 Å². The number of aliphatic carboxylic acids is 1. The summed E-state index contributed by atoms with van der Waals surface area (Å²) in [7, 11) is 0. The summed E-state index contributed by atoms with van der Waals surface area (Å²) in [6, 6.07) is 0. The van der Waals surface area contributed by atoms with Gasteiger partial charge in [0.1, 0.15) is 0 Å². The van der Waals surface area contributed by atoms with Crippen molar-refractivity contribution in [3.63, 3.8) is 0 Å². The van der Waals surface area contributed by atoms with E-state index in [0.29, 0.717) is 0 Å². The molecule has 6 heteroatoms. The van der Waals surface area contributed by atoms with Crippen molar-refractivity contribution in [1.82, 2.24) is 0 Å². The van der Waals surface area contributed by atoms with Gasteiger partial charge >= 0.3 is 5.97 Å². The number of aliphatic hydroxyl groups excluding tert-OH is 3. The van der Waals surface area contributed by atoms with Gasteiger partial charge in [-0.2, -0.15) is 0 Å². The summed E-state index contributed by atoms with van der Waals surface area (Å²) < 4.78 is 0. The quantitative estimate of drug-likeness (QED) is 0.593. The molecule has 0 heterocycles. The van der Waals surface area contributed by atoms with Crippen LogP contribution in [0, 0.1) is 5.92 Å². The standard InChI is InChI=1S/C8H16O2.3C2H6O.Zr/c1-3-5-6-7(4-2)8(9)10;3*1-2-3;/h7H,3-6H2,1-2H3,(H,9,10);3*3H,2H2,1H3;. The molecule has 20 heavy (non-hydrogen) atoms. The molecule has 1 atom stereocenters. The van der Waals surface area contributed by atoms with E-state index in [4.69, 9.17) is 20.4 Å². The summed E-state index contributed by atoms with van der Waals surface area (Å²) in [5, 5.41) is 31.3. The van der Waals surface area contributed by atoms with Gasteiger partial charge in [-0.25, -0.2) is 0 Å². The number of aliphatic hydroxyl groups is 3. The van der Waals surface area contributed by atoms with Crippen molar-refractivity contribution < 1.29 is 51.4 Å². The third-order valence-corrected chi connectivity index (χ3v) is 1.75. The predicted molar refractivity (Wildman–Crippen MR) is 79.2 cm³/mol. The first kappa shape index (κ1) is 32.3. The molecule has 0 saturated carbocycles. The maximum absolute atomic E-state index is 10.4. The van der Waals surface area contributed by atoms with Crippen LogP contribution in [0.3, 0.4) is 0 Å². The Labute approximate surface area is 143 Å². The van der Waals surface area contributed by atoms with Crippen molar-refractivity contribution in [1.29, 1.82) is 0 Å². The SMILES string of the molecule is CCCCC(CC)C(=O)O.CCO.CCO.CCO.[Zr]. The van der Waals surface area contributed by atoms with Gasteiger partial charge in [0.15, 0.2) is 0 Å². The number of unbranched alkanes of at least 4 members (excludes halogenated alkanes) is 1. The summed E-state index contributed by atoms with van der Waals surface area (Å²) in [6.45, 7) is 9.79. The zero-order chi connectivity index (χ0) is 16.1. The molecule has 0 radical (unpaired) electrons. The summed E-state index contributed by atoms with van der Waals surface area (Å²) in [5.74, 6) is -0.754. The van der Waals surface area contributed by atoms with Crippen molar-refractivity contribution in [2.24, 2.45) is 5.92 Å². The normalized spacial score (nSPS) is 9.20. The molecule has 5 nitrogen and oxygen atoms in total. The van der Waals surface area contributed by atoms with Crippen molar-refractivity contribution in [3.8, 4) is 0 Å². The largest absolute Gasteiger partial charge is 0.481 e. The molecule has 0 aliphatic heterocycles. The molecule has 0 fully saturated rings. The minimum absolute atomic E-state index is 0. The smallest absolute Gasteiger partial charge is 0.306 e. The minimum atomic E-state index is -0.643. The van der Waals surface area contributed by atoms with Gasteiger partial charge in [0.2, 0.25) is 0 Å². The van der Waals surface area contributed by atoms with Crippen molar-refractivity contribution in [2.45, 2.75) is 60.3 Å². The first-order chi connectivity index (χ1) is 8.96. The average molecular weight is 374 g/mol. The Bertz CT molecular complexity index is 141. The Morgan fingerprint density at radius 1 is 0.900 bits per heavy atom. The topological polar surface area (TPSA) is 98.0 Å². The Kier molecular flexibility index (Phi) is 58.9. The van der Waals surface area contributed by atoms with E-state index in [1.54, 1.807) is 20.8 Å². The second kappa shape index (κ2) is 36.5. The number of rotatable bonds is 5. The summed E-state index contributed by atoms with van der Waals surface area (Å²) >= 11 is 0. The Morgan fingerprint density at radius 3 is 1.35 bits per heavy atom. The number of carboxylic acids is 1. The van der Waals surface area contributed by atoms with E-state index in [-0.39, 0.29) is 51.9 Å². The maximum atomic E-state index is 10.4. The summed E-state index contributed by atoms with van der Waals surface area (Å²) in [4.78, 5) is 10.4. The fourth-order valence-corrected chi connectivity index (χ4v) is 0.953. The van der Waals surface area contributed by atoms with E-state index in [2.05, 4.69) is 6.92 Å². The van der Waals surface area contributed by atoms with Gasteiger partial charge in [0.25, 0.3) is 0 Å². The fourth-order valence-electron chi connectivity index (χ4n) is 0.953. The molecule has 0 aliphatic carbocycles. The molecule has 0 rings (SSSR count). The van der Waals surface area contributed by atoms with Gasteiger partial charge in [-0.15, -0.1) is 0 Å². The van der Waals surface area contributed by atoms with Crippen LogP contribution in [-0.2, 0) is 31.0 Å². The van der Waals surface area contributed by atoms with Crippen LogP contribution in [0.5, 0.6) is 0 Å². The predicted octanol–water partition coefficient (Wildman–Crippen LogP) is 2.28. The van der Waals surface area contributed by atoms with Crippen LogP contribution in [0.25, 0.3) is 0 Å². The van der Waals surface area contributed by atoms with Crippen LogP contribution in [0.2, 0.25) is 0 Å². The number of hydrogen-bond donors (Lipinski definition) is 4. The number of hydrogen-bond acceptors (Lipinski definition) is 4. The monoisotopic (exact) mass is 372 g/mol. The fraction of sp³-hybridized carbons (Fsp3) is 0.929. The first-order valence-corrected chi connectivity index (χ1v) is 7.02.